The first-order chi connectivity index (χ1) is 36.5. The van der Waals surface area contributed by atoms with E-state index in [-0.39, 0.29) is 31.1 Å². The quantitative estimate of drug-likeness (QED) is 0.0261. The van der Waals surface area contributed by atoms with Crippen molar-refractivity contribution in [3.05, 3.63) is 97.2 Å². The largest absolute Gasteiger partial charge is 0.462 e. The zero-order chi connectivity index (χ0) is 53.6. The summed E-state index contributed by atoms with van der Waals surface area (Å²) >= 11 is 0. The van der Waals surface area contributed by atoms with Crippen molar-refractivity contribution < 1.29 is 28.6 Å². The molecule has 0 aromatic rings. The predicted octanol–water partition coefficient (Wildman–Crippen LogP) is 21.3. The second kappa shape index (κ2) is 61.9. The molecule has 0 aromatic carbocycles. The average molecular weight is 1030 g/mol. The highest BCUT2D eigenvalue weighted by Gasteiger charge is 2.19. The van der Waals surface area contributed by atoms with Crippen LogP contribution in [-0.2, 0) is 28.6 Å². The summed E-state index contributed by atoms with van der Waals surface area (Å²) in [7, 11) is 0. The molecule has 6 heteroatoms. The molecule has 0 saturated carbocycles. The Morgan fingerprint density at radius 2 is 0.527 bits per heavy atom. The van der Waals surface area contributed by atoms with Gasteiger partial charge in [0.15, 0.2) is 6.10 Å². The second-order valence-corrected chi connectivity index (χ2v) is 20.6. The normalized spacial score (nSPS) is 12.7. The van der Waals surface area contributed by atoms with Gasteiger partial charge < -0.3 is 14.2 Å². The molecule has 424 valence electrons. The van der Waals surface area contributed by atoms with E-state index in [2.05, 4.69) is 118 Å². The topological polar surface area (TPSA) is 78.9 Å². The maximum Gasteiger partial charge on any atom is 0.306 e. The molecule has 74 heavy (non-hydrogen) atoms. The molecule has 0 radical (unpaired) electrons. The van der Waals surface area contributed by atoms with Gasteiger partial charge in [-0.1, -0.05) is 279 Å². The Kier molecular flexibility index (Phi) is 58.8. The zero-order valence-corrected chi connectivity index (χ0v) is 48.6. The van der Waals surface area contributed by atoms with Crippen molar-refractivity contribution in [1.82, 2.24) is 0 Å². The van der Waals surface area contributed by atoms with Crippen molar-refractivity contribution in [1.29, 1.82) is 0 Å². The Hall–Kier alpha value is -3.67. The van der Waals surface area contributed by atoms with Crippen molar-refractivity contribution in [2.45, 2.75) is 303 Å². The molecule has 1 atom stereocenters. The Labute approximate surface area is 457 Å². The molecule has 0 bridgehead atoms. The van der Waals surface area contributed by atoms with E-state index < -0.39 is 6.10 Å². The third-order valence-electron chi connectivity index (χ3n) is 13.3. The maximum atomic E-state index is 12.8. The number of carbonyl (C=O) groups is 3. The molecule has 0 N–H and O–H groups in total. The first-order valence-corrected chi connectivity index (χ1v) is 31.2. The molecule has 0 fully saturated rings. The number of allylic oxidation sites excluding steroid dienone is 16. The first-order valence-electron chi connectivity index (χ1n) is 31.2. The van der Waals surface area contributed by atoms with Crippen LogP contribution in [0.2, 0.25) is 0 Å². The van der Waals surface area contributed by atoms with E-state index in [0.717, 1.165) is 128 Å². The molecule has 0 aliphatic heterocycles. The Morgan fingerprint density at radius 3 is 0.824 bits per heavy atom. The van der Waals surface area contributed by atoms with Gasteiger partial charge >= 0.3 is 17.9 Å². The van der Waals surface area contributed by atoms with Crippen LogP contribution in [0.4, 0.5) is 0 Å². The zero-order valence-electron chi connectivity index (χ0n) is 48.6. The number of unbranched alkanes of at least 4 members (excludes halogenated alkanes) is 29. The SMILES string of the molecule is CC/C=C\C/C=C\C/C=C\C/C=C\C/C=C\CCCCCCCCCCCCCCCCCCCCCC(=O)OCC(COC(=O)CCCCCCCC)OC(=O)CCCCCCC/C=C\C/C=C\C/C=C\CC. The van der Waals surface area contributed by atoms with Gasteiger partial charge in [-0.15, -0.1) is 0 Å². The highest BCUT2D eigenvalue weighted by atomic mass is 16.6. The Bertz CT molecular complexity index is 1460. The van der Waals surface area contributed by atoms with Gasteiger partial charge in [-0.25, -0.2) is 0 Å². The molecule has 0 aromatic heterocycles. The fourth-order valence-electron chi connectivity index (χ4n) is 8.72. The highest BCUT2D eigenvalue weighted by Crippen LogP contribution is 2.17. The monoisotopic (exact) mass is 1030 g/mol. The van der Waals surface area contributed by atoms with Gasteiger partial charge in [0, 0.05) is 19.3 Å². The van der Waals surface area contributed by atoms with E-state index >= 15 is 0 Å². The fourth-order valence-corrected chi connectivity index (χ4v) is 8.72. The van der Waals surface area contributed by atoms with E-state index in [1.54, 1.807) is 0 Å². The summed E-state index contributed by atoms with van der Waals surface area (Å²) in [6.45, 7) is 6.35. The molecule has 0 spiro atoms. The van der Waals surface area contributed by atoms with Gasteiger partial charge in [-0.2, -0.15) is 0 Å². The molecule has 0 rings (SSSR count). The molecule has 0 amide bonds. The number of rotatable bonds is 56. The van der Waals surface area contributed by atoms with E-state index in [1.807, 2.05) is 0 Å². The lowest BCUT2D eigenvalue weighted by atomic mass is 10.0. The van der Waals surface area contributed by atoms with Gasteiger partial charge in [0.05, 0.1) is 0 Å². The first kappa shape index (κ1) is 70.3. The molecular weight excluding hydrogens is 913 g/mol. The standard InChI is InChI=1S/C68H116O6/c1-4-7-10-13-16-18-20-22-24-25-26-27-28-29-30-31-32-33-34-35-36-37-38-39-40-41-42-43-45-46-48-50-52-55-58-61-67(70)73-64-65(63-72-66(69)60-57-54-15-12-9-6-3)74-68(71)62-59-56-53-51-49-47-44-23-21-19-17-14-11-8-5-2/h7-8,10-11,16-19,22-24,26-27,29-30,44,65H,4-6,9,12-15,20-21,25,28,31-43,45-64H2,1-3H3/b10-7-,11-8-,18-16-,19-17-,24-22-,27-26-,30-29-,44-23-. The van der Waals surface area contributed by atoms with Gasteiger partial charge in [0.2, 0.25) is 0 Å². The van der Waals surface area contributed by atoms with Crippen molar-refractivity contribution >= 4 is 17.9 Å². The summed E-state index contributed by atoms with van der Waals surface area (Å²) in [6.07, 6.45) is 83.2. The number of hydrogen-bond donors (Lipinski definition) is 0. The van der Waals surface area contributed by atoms with Crippen LogP contribution in [-0.4, -0.2) is 37.2 Å². The molecule has 1 unspecified atom stereocenters. The van der Waals surface area contributed by atoms with E-state index in [0.29, 0.717) is 19.3 Å². The molecular formula is C68H116O6. The van der Waals surface area contributed by atoms with Crippen LogP contribution in [0.3, 0.4) is 0 Å². The summed E-state index contributed by atoms with van der Waals surface area (Å²) in [4.78, 5) is 37.9. The van der Waals surface area contributed by atoms with Crippen molar-refractivity contribution in [2.24, 2.45) is 0 Å². The highest BCUT2D eigenvalue weighted by molar-refractivity contribution is 5.71. The smallest absolute Gasteiger partial charge is 0.306 e. The third kappa shape index (κ3) is 59.2. The minimum atomic E-state index is -0.781. The third-order valence-corrected chi connectivity index (χ3v) is 13.3. The van der Waals surface area contributed by atoms with Gasteiger partial charge in [-0.3, -0.25) is 14.4 Å². The minimum Gasteiger partial charge on any atom is -0.462 e. The number of esters is 3. The summed E-state index contributed by atoms with van der Waals surface area (Å²) < 4.78 is 16.8. The minimum absolute atomic E-state index is 0.0810. The van der Waals surface area contributed by atoms with Crippen LogP contribution in [0.1, 0.15) is 297 Å². The lowest BCUT2D eigenvalue weighted by molar-refractivity contribution is -0.167. The fraction of sp³-hybridized carbons (Fsp3) is 0.721. The van der Waals surface area contributed by atoms with E-state index in [9.17, 15) is 14.4 Å². The second-order valence-electron chi connectivity index (χ2n) is 20.6. The van der Waals surface area contributed by atoms with E-state index in [1.165, 1.54) is 128 Å². The molecule has 0 aliphatic carbocycles. The van der Waals surface area contributed by atoms with Crippen LogP contribution >= 0.6 is 0 Å². The number of ether oxygens (including phenoxy) is 3. The number of hydrogen-bond acceptors (Lipinski definition) is 6. The molecule has 0 aliphatic rings. The van der Waals surface area contributed by atoms with Gasteiger partial charge in [0.25, 0.3) is 0 Å². The Balaban J connectivity index is 3.95. The molecule has 6 nitrogen and oxygen atoms in total. The summed E-state index contributed by atoms with van der Waals surface area (Å²) in [5.74, 6) is -0.901. The van der Waals surface area contributed by atoms with Crippen LogP contribution in [0.5, 0.6) is 0 Å². The lowest BCUT2D eigenvalue weighted by Gasteiger charge is -2.18. The van der Waals surface area contributed by atoms with Crippen LogP contribution in [0.15, 0.2) is 97.2 Å². The summed E-state index contributed by atoms with van der Waals surface area (Å²) in [6, 6.07) is 0. The lowest BCUT2D eigenvalue weighted by Crippen LogP contribution is -2.30. The van der Waals surface area contributed by atoms with Gasteiger partial charge in [-0.05, 0) is 96.3 Å². The summed E-state index contributed by atoms with van der Waals surface area (Å²) in [5, 5.41) is 0. The number of carbonyl (C=O) groups excluding carboxylic acids is 3. The average Bonchev–Trinajstić information content (AvgIpc) is 3.40. The van der Waals surface area contributed by atoms with Gasteiger partial charge in [0.1, 0.15) is 13.2 Å². The van der Waals surface area contributed by atoms with E-state index in [4.69, 9.17) is 14.2 Å². The van der Waals surface area contributed by atoms with Crippen LogP contribution in [0.25, 0.3) is 0 Å². The molecule has 0 saturated heterocycles. The maximum absolute atomic E-state index is 12.8. The van der Waals surface area contributed by atoms with Crippen molar-refractivity contribution in [3.8, 4) is 0 Å². The van der Waals surface area contributed by atoms with Crippen LogP contribution < -0.4 is 0 Å². The van der Waals surface area contributed by atoms with Crippen LogP contribution in [0, 0.1) is 0 Å². The molecule has 0 heterocycles. The summed E-state index contributed by atoms with van der Waals surface area (Å²) in [5.41, 5.74) is 0. The van der Waals surface area contributed by atoms with Crippen molar-refractivity contribution in [3.63, 3.8) is 0 Å². The van der Waals surface area contributed by atoms with Crippen molar-refractivity contribution in [2.75, 3.05) is 13.2 Å². The predicted molar refractivity (Wildman–Crippen MR) is 320 cm³/mol. The Morgan fingerprint density at radius 1 is 0.284 bits per heavy atom.